The second-order valence-electron chi connectivity index (χ2n) is 7.27. The molecule has 0 saturated heterocycles. The Hall–Kier alpha value is -3.86. The van der Waals surface area contributed by atoms with Crippen LogP contribution < -0.4 is 19.7 Å². The molecule has 2 aromatic carbocycles. The normalized spacial score (nSPS) is 15.9. The van der Waals surface area contributed by atoms with Crippen LogP contribution in [-0.2, 0) is 24.2 Å². The Morgan fingerprint density at radius 2 is 1.68 bits per heavy atom. The number of esters is 1. The van der Waals surface area contributed by atoms with Gasteiger partial charge in [0.25, 0.3) is 11.8 Å². The van der Waals surface area contributed by atoms with E-state index >= 15 is 0 Å². The van der Waals surface area contributed by atoms with Crippen molar-refractivity contribution in [2.45, 2.75) is 6.04 Å². The van der Waals surface area contributed by atoms with Crippen molar-refractivity contribution in [3.63, 3.8) is 0 Å². The van der Waals surface area contributed by atoms with Gasteiger partial charge < -0.3 is 24.4 Å². The van der Waals surface area contributed by atoms with Crippen LogP contribution in [0.5, 0.6) is 11.5 Å². The predicted molar refractivity (Wildman–Crippen MR) is 123 cm³/mol. The summed E-state index contributed by atoms with van der Waals surface area (Å²) in [6.07, 6.45) is 1.42. The van der Waals surface area contributed by atoms with Gasteiger partial charge in [0.1, 0.15) is 18.0 Å². The molecule has 2 aromatic rings. The van der Waals surface area contributed by atoms with Crippen LogP contribution in [0, 0.1) is 0 Å². The van der Waals surface area contributed by atoms with Crippen LogP contribution in [0.25, 0.3) is 0 Å². The van der Waals surface area contributed by atoms with Crippen LogP contribution in [0.2, 0.25) is 0 Å². The van der Waals surface area contributed by atoms with Gasteiger partial charge in [0.15, 0.2) is 16.4 Å². The number of anilines is 1. The third-order valence-electron chi connectivity index (χ3n) is 4.91. The van der Waals surface area contributed by atoms with Crippen molar-refractivity contribution in [2.24, 2.45) is 0 Å². The average Bonchev–Trinajstić information content (AvgIpc) is 3.20. The van der Waals surface area contributed by atoms with E-state index in [4.69, 9.17) is 14.2 Å². The van der Waals surface area contributed by atoms with Crippen molar-refractivity contribution in [1.82, 2.24) is 5.32 Å². The number of ether oxygens (including phenoxy) is 3. The minimum Gasteiger partial charge on any atom is -0.497 e. The van der Waals surface area contributed by atoms with E-state index in [1.165, 1.54) is 37.3 Å². The first-order valence-corrected chi connectivity index (χ1v) is 11.9. The lowest BCUT2D eigenvalue weighted by Gasteiger charge is -2.27. The molecule has 34 heavy (non-hydrogen) atoms. The standard InChI is InChI=1S/C23H24N2O8S/c1-31-19-10-16(11-20(12-19)32-2)23(28)24-13-22(27)33-14-21(26)25(17-6-4-3-5-7-17)18-8-9-34(29,30)15-18/h3-12,18H,13-15H2,1-2H3,(H,24,28). The molecule has 11 heteroatoms. The maximum Gasteiger partial charge on any atom is 0.325 e. The zero-order valence-corrected chi connectivity index (χ0v) is 19.4. The van der Waals surface area contributed by atoms with E-state index in [1.54, 1.807) is 36.4 Å². The van der Waals surface area contributed by atoms with Crippen molar-refractivity contribution in [2.75, 3.05) is 38.0 Å². The van der Waals surface area contributed by atoms with Crippen LogP contribution in [-0.4, -0.2) is 65.4 Å². The molecule has 1 atom stereocenters. The van der Waals surface area contributed by atoms with E-state index in [0.717, 1.165) is 5.41 Å². The molecule has 0 spiro atoms. The molecule has 1 unspecified atom stereocenters. The molecule has 0 radical (unpaired) electrons. The molecule has 0 aliphatic carbocycles. The summed E-state index contributed by atoms with van der Waals surface area (Å²) >= 11 is 0. The van der Waals surface area contributed by atoms with Crippen LogP contribution in [0.3, 0.4) is 0 Å². The van der Waals surface area contributed by atoms with Gasteiger partial charge in [-0.1, -0.05) is 18.2 Å². The van der Waals surface area contributed by atoms with Gasteiger partial charge in [-0.05, 0) is 30.3 Å². The monoisotopic (exact) mass is 488 g/mol. The molecule has 0 bridgehead atoms. The highest BCUT2D eigenvalue weighted by Gasteiger charge is 2.31. The molecule has 0 fully saturated rings. The second-order valence-corrected chi connectivity index (χ2v) is 9.20. The number of sulfone groups is 1. The van der Waals surface area contributed by atoms with Gasteiger partial charge >= 0.3 is 5.97 Å². The maximum atomic E-state index is 12.9. The number of nitrogens with zero attached hydrogens (tertiary/aromatic N) is 1. The Morgan fingerprint density at radius 1 is 1.03 bits per heavy atom. The number of para-hydroxylation sites is 1. The SMILES string of the molecule is COc1cc(OC)cc(C(=O)NCC(=O)OCC(=O)N(c2ccccc2)C2C=CS(=O)(=O)C2)c1. The number of hydrogen-bond donors (Lipinski definition) is 1. The smallest absolute Gasteiger partial charge is 0.325 e. The highest BCUT2D eigenvalue weighted by atomic mass is 32.2. The zero-order valence-electron chi connectivity index (χ0n) is 18.6. The largest absolute Gasteiger partial charge is 0.497 e. The summed E-state index contributed by atoms with van der Waals surface area (Å²) in [5, 5.41) is 3.48. The summed E-state index contributed by atoms with van der Waals surface area (Å²) in [6.45, 7) is -1.10. The maximum absolute atomic E-state index is 12.9. The van der Waals surface area contributed by atoms with Crippen LogP contribution in [0.1, 0.15) is 10.4 Å². The van der Waals surface area contributed by atoms with E-state index < -0.39 is 46.8 Å². The van der Waals surface area contributed by atoms with Gasteiger partial charge in [-0.25, -0.2) is 8.42 Å². The van der Waals surface area contributed by atoms with Gasteiger partial charge in [0.05, 0.1) is 26.0 Å². The van der Waals surface area contributed by atoms with Crippen LogP contribution in [0.15, 0.2) is 60.0 Å². The Bertz CT molecular complexity index is 1170. The van der Waals surface area contributed by atoms with E-state index in [-0.39, 0.29) is 11.3 Å². The number of carbonyl (C=O) groups is 3. The number of amides is 2. The van der Waals surface area contributed by atoms with Gasteiger partial charge in [-0.3, -0.25) is 14.4 Å². The summed E-state index contributed by atoms with van der Waals surface area (Å²) in [7, 11) is -0.526. The van der Waals surface area contributed by atoms with Crippen molar-refractivity contribution in [1.29, 1.82) is 0 Å². The fraction of sp³-hybridized carbons (Fsp3) is 0.261. The summed E-state index contributed by atoms with van der Waals surface area (Å²) in [5.41, 5.74) is 0.681. The molecule has 180 valence electrons. The van der Waals surface area contributed by atoms with Crippen molar-refractivity contribution < 1.29 is 37.0 Å². The molecule has 10 nitrogen and oxygen atoms in total. The van der Waals surface area contributed by atoms with Crippen molar-refractivity contribution >= 4 is 33.3 Å². The fourth-order valence-electron chi connectivity index (χ4n) is 3.28. The first kappa shape index (κ1) is 24.8. The molecule has 1 aliphatic rings. The first-order valence-electron chi connectivity index (χ1n) is 10.2. The zero-order chi connectivity index (χ0) is 24.7. The number of methoxy groups -OCH3 is 2. The number of carbonyl (C=O) groups excluding carboxylic acids is 3. The molecule has 1 heterocycles. The molecule has 0 aromatic heterocycles. The topological polar surface area (TPSA) is 128 Å². The molecule has 1 N–H and O–H groups in total. The van der Waals surface area contributed by atoms with E-state index in [2.05, 4.69) is 5.32 Å². The Balaban J connectivity index is 1.59. The summed E-state index contributed by atoms with van der Waals surface area (Å²) in [5.74, 6) is -1.45. The average molecular weight is 489 g/mol. The third kappa shape index (κ3) is 6.35. The van der Waals surface area contributed by atoms with E-state index in [0.29, 0.717) is 17.2 Å². The first-order chi connectivity index (χ1) is 16.2. The van der Waals surface area contributed by atoms with Gasteiger partial charge in [0, 0.05) is 22.7 Å². The van der Waals surface area contributed by atoms with Crippen LogP contribution in [0.4, 0.5) is 5.69 Å². The molecule has 3 rings (SSSR count). The van der Waals surface area contributed by atoms with E-state index in [9.17, 15) is 22.8 Å². The number of nitrogens with one attached hydrogen (secondary N) is 1. The van der Waals surface area contributed by atoms with Gasteiger partial charge in [-0.15, -0.1) is 0 Å². The quantitative estimate of drug-likeness (QED) is 0.524. The number of rotatable bonds is 9. The van der Waals surface area contributed by atoms with Crippen molar-refractivity contribution in [3.05, 3.63) is 65.6 Å². The molecule has 2 amide bonds. The fourth-order valence-corrected chi connectivity index (χ4v) is 4.55. The number of hydrogen-bond acceptors (Lipinski definition) is 8. The second kappa shape index (κ2) is 10.8. The highest BCUT2D eigenvalue weighted by Crippen LogP contribution is 2.23. The summed E-state index contributed by atoms with van der Waals surface area (Å²) in [6, 6.07) is 12.3. The lowest BCUT2D eigenvalue weighted by Crippen LogP contribution is -2.44. The van der Waals surface area contributed by atoms with E-state index in [1.807, 2.05) is 0 Å². The van der Waals surface area contributed by atoms with Gasteiger partial charge in [0.2, 0.25) is 0 Å². The minimum absolute atomic E-state index is 0.213. The Kier molecular flexibility index (Phi) is 7.90. The molecular formula is C23H24N2O8S. The molecular weight excluding hydrogens is 464 g/mol. The Morgan fingerprint density at radius 3 is 2.24 bits per heavy atom. The Labute approximate surface area is 197 Å². The highest BCUT2D eigenvalue weighted by molar-refractivity contribution is 7.94. The van der Waals surface area contributed by atoms with Crippen LogP contribution >= 0.6 is 0 Å². The van der Waals surface area contributed by atoms with Gasteiger partial charge in [-0.2, -0.15) is 0 Å². The predicted octanol–water partition coefficient (Wildman–Crippen LogP) is 1.32. The van der Waals surface area contributed by atoms with Crippen molar-refractivity contribution in [3.8, 4) is 11.5 Å². The summed E-state index contributed by atoms with van der Waals surface area (Å²) in [4.78, 5) is 38.7. The molecule has 0 saturated carbocycles. The summed E-state index contributed by atoms with van der Waals surface area (Å²) < 4.78 is 38.9. The lowest BCUT2D eigenvalue weighted by molar-refractivity contribution is -0.146. The lowest BCUT2D eigenvalue weighted by atomic mass is 10.2. The minimum atomic E-state index is -3.42. The molecule has 1 aliphatic heterocycles. The third-order valence-corrected chi connectivity index (χ3v) is 6.29. The number of benzene rings is 2.